The van der Waals surface area contributed by atoms with Gasteiger partial charge in [0.25, 0.3) is 0 Å². The van der Waals surface area contributed by atoms with Crippen LogP contribution < -0.4 is 5.32 Å². The molecule has 0 saturated heterocycles. The highest BCUT2D eigenvalue weighted by molar-refractivity contribution is 5.92. The van der Waals surface area contributed by atoms with Gasteiger partial charge in [-0.3, -0.25) is 4.79 Å². The zero-order chi connectivity index (χ0) is 20.9. The number of amides is 2. The predicted molar refractivity (Wildman–Crippen MR) is 110 cm³/mol. The number of benzene rings is 1. The number of carbonyl (C=O) groups excluding carboxylic acids is 2. The summed E-state index contributed by atoms with van der Waals surface area (Å²) in [5.41, 5.74) is 1.28. The Labute approximate surface area is 166 Å². The van der Waals surface area contributed by atoms with E-state index in [1.54, 1.807) is 17.0 Å². The molecule has 1 aliphatic rings. The molecule has 0 unspecified atom stereocenters. The minimum Gasteiger partial charge on any atom is -0.444 e. The molecule has 1 heterocycles. The maximum Gasteiger partial charge on any atom is 0.410 e. The predicted octanol–water partition coefficient (Wildman–Crippen LogP) is 5.22. The molecule has 1 aliphatic heterocycles. The molecule has 154 valence electrons. The molecule has 0 fully saturated rings. The standard InChI is InChI=1S/C22H31FN2O3/c1-6-15(7-2)20(26)24-17-8-9-18(19(23)14-17)16-10-12-25(13-11-16)21(27)28-22(3,4)5/h8-10,14-15H,6-7,11-13H2,1-5H3,(H,24,26). The SMILES string of the molecule is CCC(CC)C(=O)Nc1ccc(C2=CCN(C(=O)OC(C)(C)C)CC2)c(F)c1. The second kappa shape index (κ2) is 9.22. The number of anilines is 1. The summed E-state index contributed by atoms with van der Waals surface area (Å²) in [6.45, 7) is 10.3. The Hall–Kier alpha value is -2.37. The van der Waals surface area contributed by atoms with Gasteiger partial charge in [-0.1, -0.05) is 19.9 Å². The van der Waals surface area contributed by atoms with Crippen molar-refractivity contribution in [1.29, 1.82) is 0 Å². The van der Waals surface area contributed by atoms with Crippen molar-refractivity contribution in [3.63, 3.8) is 0 Å². The fourth-order valence-corrected chi connectivity index (χ4v) is 3.16. The summed E-state index contributed by atoms with van der Waals surface area (Å²) >= 11 is 0. The monoisotopic (exact) mass is 390 g/mol. The van der Waals surface area contributed by atoms with Crippen molar-refractivity contribution >= 4 is 23.3 Å². The lowest BCUT2D eigenvalue weighted by molar-refractivity contribution is -0.120. The third kappa shape index (κ3) is 5.81. The summed E-state index contributed by atoms with van der Waals surface area (Å²) in [4.78, 5) is 25.9. The minimum atomic E-state index is -0.540. The largest absolute Gasteiger partial charge is 0.444 e. The van der Waals surface area contributed by atoms with Gasteiger partial charge in [0.2, 0.25) is 5.91 Å². The molecular formula is C22H31FN2O3. The Balaban J connectivity index is 2.05. The number of hydrogen-bond acceptors (Lipinski definition) is 3. The molecule has 0 spiro atoms. The second-order valence-electron chi connectivity index (χ2n) is 8.10. The van der Waals surface area contributed by atoms with Crippen molar-refractivity contribution in [3.05, 3.63) is 35.7 Å². The van der Waals surface area contributed by atoms with E-state index in [1.807, 2.05) is 40.7 Å². The van der Waals surface area contributed by atoms with Crippen LogP contribution >= 0.6 is 0 Å². The molecule has 6 heteroatoms. The fourth-order valence-electron chi connectivity index (χ4n) is 3.16. The van der Waals surface area contributed by atoms with Crippen LogP contribution in [0.1, 0.15) is 59.4 Å². The number of carbonyl (C=O) groups is 2. The molecule has 1 aromatic rings. The highest BCUT2D eigenvalue weighted by atomic mass is 19.1. The van der Waals surface area contributed by atoms with E-state index in [2.05, 4.69) is 5.32 Å². The lowest BCUT2D eigenvalue weighted by Gasteiger charge is -2.29. The first-order valence-corrected chi connectivity index (χ1v) is 9.92. The molecule has 0 radical (unpaired) electrons. The molecule has 2 amide bonds. The van der Waals surface area contributed by atoms with Crippen molar-refractivity contribution in [2.45, 2.75) is 59.5 Å². The van der Waals surface area contributed by atoms with E-state index in [0.717, 1.165) is 18.4 Å². The van der Waals surface area contributed by atoms with Crippen molar-refractivity contribution < 1.29 is 18.7 Å². The number of hydrogen-bond donors (Lipinski definition) is 1. The quantitative estimate of drug-likeness (QED) is 0.749. The number of rotatable bonds is 5. The molecule has 1 aromatic carbocycles. The van der Waals surface area contributed by atoms with E-state index >= 15 is 0 Å². The summed E-state index contributed by atoms with van der Waals surface area (Å²) in [5.74, 6) is -0.524. The van der Waals surface area contributed by atoms with Gasteiger partial charge in [0.05, 0.1) is 0 Å². The summed E-state index contributed by atoms with van der Waals surface area (Å²) < 4.78 is 20.0. The second-order valence-corrected chi connectivity index (χ2v) is 8.10. The zero-order valence-electron chi connectivity index (χ0n) is 17.5. The summed E-state index contributed by atoms with van der Waals surface area (Å²) in [5, 5.41) is 2.79. The van der Waals surface area contributed by atoms with Crippen LogP contribution in [0.25, 0.3) is 5.57 Å². The van der Waals surface area contributed by atoms with E-state index in [0.29, 0.717) is 30.8 Å². The molecule has 0 aromatic heterocycles. The Bertz CT molecular complexity index is 749. The van der Waals surface area contributed by atoms with Gasteiger partial charge >= 0.3 is 6.09 Å². The zero-order valence-corrected chi connectivity index (χ0v) is 17.5. The Morgan fingerprint density at radius 3 is 2.43 bits per heavy atom. The first kappa shape index (κ1) is 21.9. The molecule has 5 nitrogen and oxygen atoms in total. The van der Waals surface area contributed by atoms with E-state index in [4.69, 9.17) is 4.74 Å². The average Bonchev–Trinajstić information content (AvgIpc) is 2.61. The van der Waals surface area contributed by atoms with Crippen LogP contribution in [0.15, 0.2) is 24.3 Å². The van der Waals surface area contributed by atoms with Gasteiger partial charge in [0.15, 0.2) is 0 Å². The topological polar surface area (TPSA) is 58.6 Å². The molecule has 1 N–H and O–H groups in total. The van der Waals surface area contributed by atoms with Crippen molar-refractivity contribution in [2.75, 3.05) is 18.4 Å². The first-order chi connectivity index (χ1) is 13.1. The molecule has 0 bridgehead atoms. The molecule has 0 saturated carbocycles. The lowest BCUT2D eigenvalue weighted by Crippen LogP contribution is -2.39. The molecular weight excluding hydrogens is 359 g/mol. The Morgan fingerprint density at radius 1 is 1.25 bits per heavy atom. The lowest BCUT2D eigenvalue weighted by atomic mass is 9.98. The highest BCUT2D eigenvalue weighted by Gasteiger charge is 2.24. The maximum atomic E-state index is 14.6. The van der Waals surface area contributed by atoms with Crippen molar-refractivity contribution in [1.82, 2.24) is 4.90 Å². The highest BCUT2D eigenvalue weighted by Crippen LogP contribution is 2.27. The molecule has 28 heavy (non-hydrogen) atoms. The first-order valence-electron chi connectivity index (χ1n) is 9.92. The van der Waals surface area contributed by atoms with Crippen LogP contribution in [0.3, 0.4) is 0 Å². The van der Waals surface area contributed by atoms with Crippen LogP contribution in [-0.4, -0.2) is 35.6 Å². The average molecular weight is 390 g/mol. The van der Waals surface area contributed by atoms with Gasteiger partial charge in [0.1, 0.15) is 11.4 Å². The van der Waals surface area contributed by atoms with Gasteiger partial charge in [-0.25, -0.2) is 9.18 Å². The number of nitrogens with zero attached hydrogens (tertiary/aromatic N) is 1. The van der Waals surface area contributed by atoms with Crippen LogP contribution in [-0.2, 0) is 9.53 Å². The van der Waals surface area contributed by atoms with Crippen molar-refractivity contribution in [2.24, 2.45) is 5.92 Å². The maximum absolute atomic E-state index is 14.6. The van der Waals surface area contributed by atoms with Gasteiger partial charge in [-0.05, 0) is 63.8 Å². The summed E-state index contributed by atoms with van der Waals surface area (Å²) in [6.07, 6.45) is 3.56. The normalized spacial score (nSPS) is 14.7. The summed E-state index contributed by atoms with van der Waals surface area (Å²) in [7, 11) is 0. The Kier molecular flexibility index (Phi) is 7.22. The third-order valence-corrected chi connectivity index (χ3v) is 4.80. The minimum absolute atomic E-state index is 0.0670. The van der Waals surface area contributed by atoms with Gasteiger partial charge in [0, 0.05) is 30.3 Å². The molecule has 0 atom stereocenters. The van der Waals surface area contributed by atoms with E-state index in [9.17, 15) is 14.0 Å². The third-order valence-electron chi connectivity index (χ3n) is 4.80. The van der Waals surface area contributed by atoms with Crippen molar-refractivity contribution in [3.8, 4) is 0 Å². The van der Waals surface area contributed by atoms with Gasteiger partial charge < -0.3 is 15.0 Å². The molecule has 2 rings (SSSR count). The fraction of sp³-hybridized carbons (Fsp3) is 0.545. The summed E-state index contributed by atoms with van der Waals surface area (Å²) in [6, 6.07) is 4.77. The van der Waals surface area contributed by atoms with Gasteiger partial charge in [-0.15, -0.1) is 0 Å². The van der Waals surface area contributed by atoms with Crippen LogP contribution in [0.2, 0.25) is 0 Å². The van der Waals surface area contributed by atoms with Crippen LogP contribution in [0, 0.1) is 11.7 Å². The van der Waals surface area contributed by atoms with E-state index in [-0.39, 0.29) is 23.7 Å². The smallest absolute Gasteiger partial charge is 0.410 e. The van der Waals surface area contributed by atoms with E-state index in [1.165, 1.54) is 6.07 Å². The van der Waals surface area contributed by atoms with Crippen LogP contribution in [0.4, 0.5) is 14.9 Å². The van der Waals surface area contributed by atoms with E-state index < -0.39 is 5.60 Å². The van der Waals surface area contributed by atoms with Crippen LogP contribution in [0.5, 0.6) is 0 Å². The Morgan fingerprint density at radius 2 is 1.93 bits per heavy atom. The molecule has 0 aliphatic carbocycles. The number of halogens is 1. The number of ether oxygens (including phenoxy) is 1. The number of nitrogens with one attached hydrogen (secondary N) is 1. The van der Waals surface area contributed by atoms with Gasteiger partial charge in [-0.2, -0.15) is 0 Å².